The van der Waals surface area contributed by atoms with Gasteiger partial charge in [-0.2, -0.15) is 0 Å². The highest BCUT2D eigenvalue weighted by Crippen LogP contribution is 2.65. The number of carbonyl (C=O) groups is 1. The highest BCUT2D eigenvalue weighted by atomic mass is 16.4. The van der Waals surface area contributed by atoms with Crippen LogP contribution in [0.2, 0.25) is 0 Å². The molecule has 3 aliphatic carbocycles. The van der Waals surface area contributed by atoms with Crippen molar-refractivity contribution in [3.63, 3.8) is 0 Å². The molecule has 0 amide bonds. The predicted molar refractivity (Wildman–Crippen MR) is 68.1 cm³/mol. The topological polar surface area (TPSA) is 57.5 Å². The zero-order valence-electron chi connectivity index (χ0n) is 11.4. The molecule has 4 unspecified atom stereocenters. The fourth-order valence-electron chi connectivity index (χ4n) is 4.61. The first kappa shape index (κ1) is 12.2. The molecule has 0 radical (unpaired) electrons. The van der Waals surface area contributed by atoms with E-state index in [1.807, 2.05) is 13.8 Å². The average Bonchev–Trinajstić information content (AvgIpc) is 2.63. The molecule has 3 aliphatic rings. The van der Waals surface area contributed by atoms with Gasteiger partial charge in [0, 0.05) is 5.41 Å². The maximum absolute atomic E-state index is 11.4. The number of hydrogen-bond acceptors (Lipinski definition) is 2. The standard InChI is InChI=1S/C15H22O3/c1-9-11-8-13(2,12(16)17)6-10(11)7-14(3)4-5-15(9,14)18/h10,18H,4-8H2,1-3H3,(H,16,17). The first-order valence-electron chi connectivity index (χ1n) is 6.88. The molecule has 0 bridgehead atoms. The van der Waals surface area contributed by atoms with Gasteiger partial charge >= 0.3 is 5.97 Å². The molecule has 3 rings (SSSR count). The minimum atomic E-state index is -0.693. The van der Waals surface area contributed by atoms with Crippen LogP contribution in [0.3, 0.4) is 0 Å². The van der Waals surface area contributed by atoms with Crippen LogP contribution in [-0.2, 0) is 4.79 Å². The monoisotopic (exact) mass is 250 g/mol. The van der Waals surface area contributed by atoms with Crippen LogP contribution in [0.4, 0.5) is 0 Å². The fraction of sp³-hybridized carbons (Fsp3) is 0.800. The van der Waals surface area contributed by atoms with Crippen molar-refractivity contribution < 1.29 is 15.0 Å². The Balaban J connectivity index is 2.03. The molecule has 0 aromatic carbocycles. The second-order valence-corrected chi connectivity index (χ2v) is 7.22. The van der Waals surface area contributed by atoms with E-state index in [0.717, 1.165) is 31.3 Å². The highest BCUT2D eigenvalue weighted by molar-refractivity contribution is 5.75. The zero-order chi connectivity index (χ0) is 13.3. The Morgan fingerprint density at radius 2 is 1.94 bits per heavy atom. The molecule has 3 heteroatoms. The van der Waals surface area contributed by atoms with Crippen LogP contribution in [0, 0.1) is 16.7 Å². The summed E-state index contributed by atoms with van der Waals surface area (Å²) in [4.78, 5) is 11.4. The summed E-state index contributed by atoms with van der Waals surface area (Å²) in [6.45, 7) is 6.03. The van der Waals surface area contributed by atoms with E-state index >= 15 is 0 Å². The molecule has 0 heterocycles. The lowest BCUT2D eigenvalue weighted by Gasteiger charge is -2.59. The Kier molecular flexibility index (Phi) is 2.16. The summed E-state index contributed by atoms with van der Waals surface area (Å²) in [5, 5.41) is 20.2. The van der Waals surface area contributed by atoms with E-state index in [0.29, 0.717) is 12.3 Å². The van der Waals surface area contributed by atoms with Gasteiger partial charge in [-0.1, -0.05) is 12.5 Å². The van der Waals surface area contributed by atoms with Gasteiger partial charge in [-0.3, -0.25) is 4.79 Å². The van der Waals surface area contributed by atoms with E-state index in [4.69, 9.17) is 0 Å². The van der Waals surface area contributed by atoms with Gasteiger partial charge in [0.2, 0.25) is 0 Å². The molecule has 2 N–H and O–H groups in total. The third-order valence-corrected chi connectivity index (χ3v) is 6.12. The van der Waals surface area contributed by atoms with E-state index < -0.39 is 17.0 Å². The molecule has 4 atom stereocenters. The Labute approximate surface area is 108 Å². The number of allylic oxidation sites excluding steroid dienone is 1. The zero-order valence-corrected chi connectivity index (χ0v) is 11.4. The summed E-state index contributed by atoms with van der Waals surface area (Å²) in [5.74, 6) is -0.321. The first-order valence-corrected chi connectivity index (χ1v) is 6.88. The van der Waals surface area contributed by atoms with E-state index in [1.165, 1.54) is 5.57 Å². The fourth-order valence-corrected chi connectivity index (χ4v) is 4.61. The normalized spacial score (nSPS) is 50.6. The minimum Gasteiger partial charge on any atom is -0.481 e. The van der Waals surface area contributed by atoms with Crippen molar-refractivity contribution in [1.82, 2.24) is 0 Å². The van der Waals surface area contributed by atoms with Crippen molar-refractivity contribution in [3.8, 4) is 0 Å². The van der Waals surface area contributed by atoms with Crippen LogP contribution in [-0.4, -0.2) is 21.8 Å². The lowest BCUT2D eigenvalue weighted by molar-refractivity contribution is -0.150. The molecule has 0 aromatic heterocycles. The van der Waals surface area contributed by atoms with E-state index in [9.17, 15) is 15.0 Å². The third-order valence-electron chi connectivity index (χ3n) is 6.12. The SMILES string of the molecule is CC1=C2CC(C)(C(=O)O)CC2CC2(C)CCC12O. The molecular formula is C15H22O3. The van der Waals surface area contributed by atoms with Crippen LogP contribution in [0.1, 0.15) is 52.9 Å². The molecule has 0 aromatic rings. The molecule has 18 heavy (non-hydrogen) atoms. The smallest absolute Gasteiger partial charge is 0.309 e. The van der Waals surface area contributed by atoms with Gasteiger partial charge in [0.05, 0.1) is 11.0 Å². The number of carboxylic acids is 1. The van der Waals surface area contributed by atoms with Gasteiger partial charge in [0.15, 0.2) is 0 Å². The van der Waals surface area contributed by atoms with E-state index in [2.05, 4.69) is 6.92 Å². The Morgan fingerprint density at radius 1 is 1.28 bits per heavy atom. The van der Waals surface area contributed by atoms with E-state index in [1.54, 1.807) is 0 Å². The number of hydrogen-bond donors (Lipinski definition) is 2. The average molecular weight is 250 g/mol. The van der Waals surface area contributed by atoms with Crippen molar-refractivity contribution in [2.24, 2.45) is 16.7 Å². The largest absolute Gasteiger partial charge is 0.481 e. The molecule has 0 spiro atoms. The number of aliphatic carboxylic acids is 1. The number of fused-ring (bicyclic) bond motifs is 2. The van der Waals surface area contributed by atoms with Gasteiger partial charge in [0.25, 0.3) is 0 Å². The lowest BCUT2D eigenvalue weighted by Crippen LogP contribution is -2.59. The summed E-state index contributed by atoms with van der Waals surface area (Å²) in [5.41, 5.74) is 1.02. The van der Waals surface area contributed by atoms with Crippen LogP contribution in [0.5, 0.6) is 0 Å². The highest BCUT2D eigenvalue weighted by Gasteiger charge is 2.62. The maximum atomic E-state index is 11.4. The first-order chi connectivity index (χ1) is 8.22. The molecule has 3 nitrogen and oxygen atoms in total. The summed E-state index contributed by atoms with van der Waals surface area (Å²) in [6, 6.07) is 0. The summed E-state index contributed by atoms with van der Waals surface area (Å²) < 4.78 is 0. The predicted octanol–water partition coefficient (Wildman–Crippen LogP) is 2.74. The Morgan fingerprint density at radius 3 is 2.44 bits per heavy atom. The van der Waals surface area contributed by atoms with E-state index in [-0.39, 0.29) is 5.41 Å². The van der Waals surface area contributed by atoms with Gasteiger partial charge in [0.1, 0.15) is 0 Å². The second-order valence-electron chi connectivity index (χ2n) is 7.22. The molecule has 2 fully saturated rings. The third kappa shape index (κ3) is 1.21. The molecule has 2 saturated carbocycles. The van der Waals surface area contributed by atoms with Gasteiger partial charge in [-0.15, -0.1) is 0 Å². The second kappa shape index (κ2) is 3.19. The summed E-state index contributed by atoms with van der Waals surface area (Å²) in [7, 11) is 0. The van der Waals surface area contributed by atoms with Gasteiger partial charge in [-0.25, -0.2) is 0 Å². The Hall–Kier alpha value is -0.830. The summed E-state index contributed by atoms with van der Waals surface area (Å²) in [6.07, 6.45) is 4.22. The molecule has 0 saturated heterocycles. The molecular weight excluding hydrogens is 228 g/mol. The van der Waals surface area contributed by atoms with Crippen molar-refractivity contribution in [3.05, 3.63) is 11.1 Å². The number of rotatable bonds is 1. The minimum absolute atomic E-state index is 0.0188. The van der Waals surface area contributed by atoms with Crippen LogP contribution < -0.4 is 0 Å². The van der Waals surface area contributed by atoms with Crippen LogP contribution in [0.15, 0.2) is 11.1 Å². The molecule has 100 valence electrons. The van der Waals surface area contributed by atoms with Crippen LogP contribution in [0.25, 0.3) is 0 Å². The van der Waals surface area contributed by atoms with Crippen LogP contribution >= 0.6 is 0 Å². The van der Waals surface area contributed by atoms with Gasteiger partial charge < -0.3 is 10.2 Å². The lowest BCUT2D eigenvalue weighted by atomic mass is 9.48. The number of aliphatic hydroxyl groups is 1. The van der Waals surface area contributed by atoms with Crippen molar-refractivity contribution in [2.75, 3.05) is 0 Å². The quantitative estimate of drug-likeness (QED) is 0.703. The number of carboxylic acid groups (broad SMARTS) is 1. The van der Waals surface area contributed by atoms with Gasteiger partial charge in [-0.05, 0) is 57.4 Å². The maximum Gasteiger partial charge on any atom is 0.309 e. The van der Waals surface area contributed by atoms with Crippen molar-refractivity contribution in [2.45, 2.75) is 58.5 Å². The Bertz CT molecular complexity index is 466. The van der Waals surface area contributed by atoms with Crippen molar-refractivity contribution >= 4 is 5.97 Å². The van der Waals surface area contributed by atoms with Crippen molar-refractivity contribution in [1.29, 1.82) is 0 Å². The molecule has 0 aliphatic heterocycles. The summed E-state index contributed by atoms with van der Waals surface area (Å²) >= 11 is 0.